The average Bonchev–Trinajstić information content (AvgIpc) is 3.34. The summed E-state index contributed by atoms with van der Waals surface area (Å²) in [5, 5.41) is 14.5. The first-order valence-electron chi connectivity index (χ1n) is 10.3. The molecule has 1 aliphatic heterocycles. The SMILES string of the molecule is O=C(NC(Cc1ccccc1)C(=O)N1CCN(c2cccc(O)c2)CC1)c1cccs1. The summed E-state index contributed by atoms with van der Waals surface area (Å²) in [6.07, 6.45) is 0.448. The van der Waals surface area contributed by atoms with Gasteiger partial charge in [-0.15, -0.1) is 11.3 Å². The van der Waals surface area contributed by atoms with Gasteiger partial charge in [-0.25, -0.2) is 0 Å². The monoisotopic (exact) mass is 435 g/mol. The van der Waals surface area contributed by atoms with E-state index in [4.69, 9.17) is 0 Å². The van der Waals surface area contributed by atoms with E-state index in [9.17, 15) is 14.7 Å². The van der Waals surface area contributed by atoms with Crippen molar-refractivity contribution < 1.29 is 14.7 Å². The molecule has 1 aliphatic rings. The lowest BCUT2D eigenvalue weighted by Crippen LogP contribution is -2.55. The molecule has 31 heavy (non-hydrogen) atoms. The Kier molecular flexibility index (Phi) is 6.52. The number of hydrogen-bond acceptors (Lipinski definition) is 5. The molecule has 0 spiro atoms. The molecule has 7 heteroatoms. The van der Waals surface area contributed by atoms with Crippen molar-refractivity contribution in [3.63, 3.8) is 0 Å². The van der Waals surface area contributed by atoms with Gasteiger partial charge >= 0.3 is 0 Å². The fourth-order valence-corrected chi connectivity index (χ4v) is 4.41. The lowest BCUT2D eigenvalue weighted by atomic mass is 10.0. The van der Waals surface area contributed by atoms with Crippen LogP contribution in [0, 0.1) is 0 Å². The second-order valence-corrected chi connectivity index (χ2v) is 8.47. The zero-order chi connectivity index (χ0) is 21.6. The van der Waals surface area contributed by atoms with Crippen LogP contribution in [0.25, 0.3) is 0 Å². The Morgan fingerprint density at radius 2 is 1.74 bits per heavy atom. The van der Waals surface area contributed by atoms with Gasteiger partial charge in [-0.2, -0.15) is 0 Å². The predicted molar refractivity (Wildman–Crippen MR) is 123 cm³/mol. The van der Waals surface area contributed by atoms with Crippen molar-refractivity contribution in [3.8, 4) is 5.75 Å². The van der Waals surface area contributed by atoms with Crippen LogP contribution in [0.5, 0.6) is 5.75 Å². The number of phenolic OH excluding ortho intramolecular Hbond substituents is 1. The second kappa shape index (κ2) is 9.66. The van der Waals surface area contributed by atoms with Gasteiger partial charge in [-0.05, 0) is 29.1 Å². The molecule has 4 rings (SSSR count). The molecule has 1 unspecified atom stereocenters. The molecule has 6 nitrogen and oxygen atoms in total. The fraction of sp³-hybridized carbons (Fsp3) is 0.250. The number of nitrogens with one attached hydrogen (secondary N) is 1. The molecular formula is C24H25N3O3S. The first-order chi connectivity index (χ1) is 15.1. The van der Waals surface area contributed by atoms with E-state index in [1.807, 2.05) is 58.8 Å². The van der Waals surface area contributed by atoms with Gasteiger partial charge in [0.1, 0.15) is 11.8 Å². The van der Waals surface area contributed by atoms with Gasteiger partial charge in [0, 0.05) is 44.4 Å². The number of piperazine rings is 1. The molecular weight excluding hydrogens is 410 g/mol. The third-order valence-corrected chi connectivity index (χ3v) is 6.29. The summed E-state index contributed by atoms with van der Waals surface area (Å²) >= 11 is 1.36. The van der Waals surface area contributed by atoms with Crippen LogP contribution < -0.4 is 10.2 Å². The number of nitrogens with zero attached hydrogens (tertiary/aromatic N) is 2. The van der Waals surface area contributed by atoms with Crippen LogP contribution in [-0.4, -0.2) is 54.0 Å². The summed E-state index contributed by atoms with van der Waals surface area (Å²) in [6.45, 7) is 2.47. The minimum Gasteiger partial charge on any atom is -0.508 e. The highest BCUT2D eigenvalue weighted by Crippen LogP contribution is 2.21. The number of carbonyl (C=O) groups is 2. The van der Waals surface area contributed by atoms with E-state index in [1.165, 1.54) is 11.3 Å². The Morgan fingerprint density at radius 3 is 2.42 bits per heavy atom. The number of thiophene rings is 1. The second-order valence-electron chi connectivity index (χ2n) is 7.53. The first kappa shape index (κ1) is 20.9. The van der Waals surface area contributed by atoms with Gasteiger partial charge < -0.3 is 20.2 Å². The minimum atomic E-state index is -0.621. The van der Waals surface area contributed by atoms with E-state index < -0.39 is 6.04 Å². The summed E-state index contributed by atoms with van der Waals surface area (Å²) in [4.78, 5) is 30.6. The summed E-state index contributed by atoms with van der Waals surface area (Å²) in [6, 6.07) is 19.9. The van der Waals surface area contributed by atoms with Crippen molar-refractivity contribution in [2.45, 2.75) is 12.5 Å². The first-order valence-corrected chi connectivity index (χ1v) is 11.2. The number of aromatic hydroxyl groups is 1. The lowest BCUT2D eigenvalue weighted by molar-refractivity contribution is -0.133. The van der Waals surface area contributed by atoms with Crippen LogP contribution in [0.4, 0.5) is 5.69 Å². The lowest BCUT2D eigenvalue weighted by Gasteiger charge is -2.37. The number of hydrogen-bond donors (Lipinski definition) is 2. The van der Waals surface area contributed by atoms with Crippen molar-refractivity contribution in [2.75, 3.05) is 31.1 Å². The molecule has 2 heterocycles. The molecule has 160 valence electrons. The number of amides is 2. The molecule has 2 amide bonds. The van der Waals surface area contributed by atoms with Crippen LogP contribution in [0.2, 0.25) is 0 Å². The maximum atomic E-state index is 13.4. The van der Waals surface area contributed by atoms with Crippen molar-refractivity contribution in [1.82, 2.24) is 10.2 Å². The van der Waals surface area contributed by atoms with Crippen LogP contribution in [0.3, 0.4) is 0 Å². The fourth-order valence-electron chi connectivity index (χ4n) is 3.78. The Morgan fingerprint density at radius 1 is 0.968 bits per heavy atom. The standard InChI is InChI=1S/C24H25N3O3S/c28-20-9-4-8-19(17-20)26-11-13-27(14-12-26)24(30)21(16-18-6-2-1-3-7-18)25-23(29)22-10-5-15-31-22/h1-10,15,17,21,28H,11-14,16H2,(H,25,29). The van der Waals surface area contributed by atoms with E-state index in [0.29, 0.717) is 37.5 Å². The molecule has 0 radical (unpaired) electrons. The highest BCUT2D eigenvalue weighted by atomic mass is 32.1. The average molecular weight is 436 g/mol. The largest absolute Gasteiger partial charge is 0.508 e. The van der Waals surface area contributed by atoms with Gasteiger partial charge in [0.2, 0.25) is 5.91 Å². The van der Waals surface area contributed by atoms with E-state index in [2.05, 4.69) is 10.2 Å². The quantitative estimate of drug-likeness (QED) is 0.624. The molecule has 2 aromatic carbocycles. The topological polar surface area (TPSA) is 72.9 Å². The summed E-state index contributed by atoms with van der Waals surface area (Å²) in [7, 11) is 0. The molecule has 1 atom stereocenters. The normalized spacial score (nSPS) is 14.8. The smallest absolute Gasteiger partial charge is 0.262 e. The molecule has 1 fully saturated rings. The third-order valence-electron chi connectivity index (χ3n) is 5.42. The predicted octanol–water partition coefficient (Wildman–Crippen LogP) is 3.14. The molecule has 1 aromatic heterocycles. The van der Waals surface area contributed by atoms with Gasteiger partial charge in [0.05, 0.1) is 4.88 Å². The number of anilines is 1. The van der Waals surface area contributed by atoms with Crippen LogP contribution in [0.15, 0.2) is 72.1 Å². The minimum absolute atomic E-state index is 0.0654. The van der Waals surface area contributed by atoms with Crippen LogP contribution >= 0.6 is 11.3 Å². The number of rotatable bonds is 6. The number of carbonyl (C=O) groups excluding carboxylic acids is 2. The van der Waals surface area contributed by atoms with Gasteiger partial charge in [-0.3, -0.25) is 9.59 Å². The van der Waals surface area contributed by atoms with Crippen LogP contribution in [-0.2, 0) is 11.2 Å². The van der Waals surface area contributed by atoms with Gasteiger partial charge in [0.15, 0.2) is 0 Å². The Hall–Kier alpha value is -3.32. The Bertz CT molecular complexity index is 1020. The number of benzene rings is 2. The van der Waals surface area contributed by atoms with E-state index in [0.717, 1.165) is 11.3 Å². The van der Waals surface area contributed by atoms with E-state index >= 15 is 0 Å². The maximum Gasteiger partial charge on any atom is 0.262 e. The van der Waals surface area contributed by atoms with Gasteiger partial charge in [-0.1, -0.05) is 42.5 Å². The van der Waals surface area contributed by atoms with Crippen molar-refractivity contribution in [2.24, 2.45) is 0 Å². The zero-order valence-corrected chi connectivity index (χ0v) is 17.9. The molecule has 0 saturated carbocycles. The highest BCUT2D eigenvalue weighted by Gasteiger charge is 2.29. The summed E-state index contributed by atoms with van der Waals surface area (Å²) in [5.74, 6) is -0.0535. The molecule has 0 bridgehead atoms. The van der Waals surface area contributed by atoms with Crippen LogP contribution in [0.1, 0.15) is 15.2 Å². The van der Waals surface area contributed by atoms with Crippen molar-refractivity contribution in [1.29, 1.82) is 0 Å². The molecule has 1 saturated heterocycles. The Balaban J connectivity index is 1.44. The molecule has 3 aromatic rings. The highest BCUT2D eigenvalue weighted by molar-refractivity contribution is 7.12. The van der Waals surface area contributed by atoms with E-state index in [-0.39, 0.29) is 17.6 Å². The third kappa shape index (κ3) is 5.24. The number of phenols is 1. The molecule has 0 aliphatic carbocycles. The summed E-state index contributed by atoms with van der Waals surface area (Å²) < 4.78 is 0. The van der Waals surface area contributed by atoms with E-state index in [1.54, 1.807) is 18.2 Å². The molecule has 2 N–H and O–H groups in total. The van der Waals surface area contributed by atoms with Crippen molar-refractivity contribution >= 4 is 28.8 Å². The van der Waals surface area contributed by atoms with Crippen molar-refractivity contribution in [3.05, 3.63) is 82.6 Å². The zero-order valence-electron chi connectivity index (χ0n) is 17.1. The Labute approximate surface area is 185 Å². The maximum absolute atomic E-state index is 13.4. The van der Waals surface area contributed by atoms with Gasteiger partial charge in [0.25, 0.3) is 5.91 Å². The summed E-state index contributed by atoms with van der Waals surface area (Å²) in [5.41, 5.74) is 1.95.